The number of nitrogens with zero attached hydrogens (tertiary/aromatic N) is 2. The Balaban J connectivity index is 1.60. The molecule has 1 aromatic heterocycles. The van der Waals surface area contributed by atoms with Gasteiger partial charge in [-0.1, -0.05) is 6.07 Å². The third-order valence-electron chi connectivity index (χ3n) is 3.66. The summed E-state index contributed by atoms with van der Waals surface area (Å²) in [7, 11) is 0. The van der Waals surface area contributed by atoms with Gasteiger partial charge in [0.2, 0.25) is 5.91 Å². The van der Waals surface area contributed by atoms with Crippen molar-refractivity contribution in [2.75, 3.05) is 5.32 Å². The zero-order valence-corrected chi connectivity index (χ0v) is 13.8. The number of nitrogens with one attached hydrogen (secondary N) is 1. The lowest BCUT2D eigenvalue weighted by molar-refractivity contribution is -0.384. The van der Waals surface area contributed by atoms with Crippen LogP contribution in [0.15, 0.2) is 53.1 Å². The van der Waals surface area contributed by atoms with Gasteiger partial charge in [-0.05, 0) is 18.2 Å². The van der Waals surface area contributed by atoms with E-state index in [0.717, 1.165) is 12.1 Å². The molecule has 0 bridgehead atoms. The third kappa shape index (κ3) is 4.51. The molecule has 0 aliphatic carbocycles. The molecule has 1 amide bonds. The number of carbonyl (C=O) groups excluding carboxylic acids is 1. The molecule has 7 nitrogen and oxygen atoms in total. The van der Waals surface area contributed by atoms with Crippen LogP contribution in [0.5, 0.6) is 0 Å². The summed E-state index contributed by atoms with van der Waals surface area (Å²) >= 11 is 0. The summed E-state index contributed by atoms with van der Waals surface area (Å²) in [6, 6.07) is 8.65. The number of aromatic nitrogens is 1. The minimum absolute atomic E-state index is 0.00848. The maximum atomic E-state index is 13.8. The zero-order chi connectivity index (χ0) is 19.4. The molecule has 3 rings (SSSR count). The highest BCUT2D eigenvalue weighted by molar-refractivity contribution is 5.91. The molecule has 1 N–H and O–H groups in total. The number of nitro benzene ring substituents is 1. The fourth-order valence-corrected chi connectivity index (χ4v) is 2.38. The summed E-state index contributed by atoms with van der Waals surface area (Å²) in [6.45, 7) is 0. The Labute approximate surface area is 151 Å². The lowest BCUT2D eigenvalue weighted by Crippen LogP contribution is -2.12. The van der Waals surface area contributed by atoms with Gasteiger partial charge in [0.1, 0.15) is 11.6 Å². The van der Waals surface area contributed by atoms with E-state index in [1.54, 1.807) is 0 Å². The number of amides is 1. The Morgan fingerprint density at radius 3 is 2.78 bits per heavy atom. The van der Waals surface area contributed by atoms with E-state index in [2.05, 4.69) is 10.3 Å². The van der Waals surface area contributed by atoms with E-state index < -0.39 is 16.6 Å². The second-order valence-electron chi connectivity index (χ2n) is 5.60. The number of non-ortho nitro benzene ring substituents is 1. The molecule has 0 radical (unpaired) electrons. The van der Waals surface area contributed by atoms with Crippen molar-refractivity contribution in [2.45, 2.75) is 12.8 Å². The highest BCUT2D eigenvalue weighted by atomic mass is 19.1. The lowest BCUT2D eigenvalue weighted by Gasteiger charge is -2.04. The molecule has 0 unspecified atom stereocenters. The molecule has 0 atom stereocenters. The second-order valence-corrected chi connectivity index (χ2v) is 5.60. The van der Waals surface area contributed by atoms with E-state index in [0.29, 0.717) is 5.69 Å². The quantitative estimate of drug-likeness (QED) is 0.518. The first-order valence-corrected chi connectivity index (χ1v) is 7.87. The van der Waals surface area contributed by atoms with Gasteiger partial charge < -0.3 is 9.73 Å². The summed E-state index contributed by atoms with van der Waals surface area (Å²) in [4.78, 5) is 26.1. The van der Waals surface area contributed by atoms with E-state index in [1.807, 2.05) is 0 Å². The minimum atomic E-state index is -0.777. The molecule has 0 saturated carbocycles. The van der Waals surface area contributed by atoms with E-state index in [-0.39, 0.29) is 41.7 Å². The van der Waals surface area contributed by atoms with Crippen LogP contribution in [0.1, 0.15) is 12.3 Å². The van der Waals surface area contributed by atoms with Gasteiger partial charge in [-0.15, -0.1) is 0 Å². The number of halogens is 2. The van der Waals surface area contributed by atoms with Crippen LogP contribution >= 0.6 is 0 Å². The minimum Gasteiger partial charge on any atom is -0.441 e. The van der Waals surface area contributed by atoms with Crippen LogP contribution in [0.4, 0.5) is 20.2 Å². The molecular formula is C18H13F2N3O4. The number of oxazole rings is 1. The molecule has 9 heteroatoms. The van der Waals surface area contributed by atoms with E-state index in [1.165, 1.54) is 36.5 Å². The van der Waals surface area contributed by atoms with Gasteiger partial charge in [0.05, 0.1) is 16.7 Å². The molecule has 0 spiro atoms. The number of aryl methyl sites for hydroxylation is 1. The molecule has 27 heavy (non-hydrogen) atoms. The molecular weight excluding hydrogens is 360 g/mol. The van der Waals surface area contributed by atoms with Crippen LogP contribution in [-0.2, 0) is 11.2 Å². The number of nitro groups is 1. The number of hydrogen-bond donors (Lipinski definition) is 1. The monoisotopic (exact) mass is 373 g/mol. The second kappa shape index (κ2) is 7.73. The summed E-state index contributed by atoms with van der Waals surface area (Å²) in [6.07, 6.45) is 1.45. The van der Waals surface area contributed by atoms with Crippen LogP contribution in [0.25, 0.3) is 11.3 Å². The lowest BCUT2D eigenvalue weighted by atomic mass is 10.2. The third-order valence-corrected chi connectivity index (χ3v) is 3.66. The van der Waals surface area contributed by atoms with Crippen LogP contribution in [-0.4, -0.2) is 15.8 Å². The van der Waals surface area contributed by atoms with Gasteiger partial charge >= 0.3 is 0 Å². The Kier molecular flexibility index (Phi) is 5.20. The Hall–Kier alpha value is -3.62. The molecule has 0 fully saturated rings. The van der Waals surface area contributed by atoms with E-state index in [4.69, 9.17) is 4.42 Å². The fourth-order valence-electron chi connectivity index (χ4n) is 2.38. The number of benzene rings is 2. The highest BCUT2D eigenvalue weighted by Gasteiger charge is 2.13. The Bertz CT molecular complexity index is 1000. The predicted octanol–water partition coefficient (Wildman–Crippen LogP) is 4.10. The van der Waals surface area contributed by atoms with Crippen LogP contribution in [0, 0.1) is 21.7 Å². The molecule has 0 aliphatic rings. The van der Waals surface area contributed by atoms with Crippen molar-refractivity contribution in [2.24, 2.45) is 0 Å². The average molecular weight is 373 g/mol. The number of carbonyl (C=O) groups is 1. The molecule has 2 aromatic carbocycles. The standard InChI is InChI=1S/C18H13F2N3O4/c19-11-4-5-14(15(20)8-11)16-10-21-18(27-16)7-6-17(24)22-12-2-1-3-13(9-12)23(25)26/h1-5,8-10H,6-7H2,(H,22,24). The smallest absolute Gasteiger partial charge is 0.271 e. The van der Waals surface area contributed by atoms with Gasteiger partial charge in [-0.25, -0.2) is 13.8 Å². The van der Waals surface area contributed by atoms with Crippen LogP contribution in [0.3, 0.4) is 0 Å². The van der Waals surface area contributed by atoms with Gasteiger partial charge in [-0.2, -0.15) is 0 Å². The molecule has 1 heterocycles. The summed E-state index contributed by atoms with van der Waals surface area (Å²) < 4.78 is 32.1. The Morgan fingerprint density at radius 1 is 1.22 bits per heavy atom. The van der Waals surface area contributed by atoms with Gasteiger partial charge in [0.25, 0.3) is 5.69 Å². The van der Waals surface area contributed by atoms with Gasteiger partial charge in [0.15, 0.2) is 11.7 Å². The summed E-state index contributed by atoms with van der Waals surface area (Å²) in [5.41, 5.74) is 0.235. The summed E-state index contributed by atoms with van der Waals surface area (Å²) in [5.74, 6) is -1.53. The van der Waals surface area contributed by atoms with E-state index in [9.17, 15) is 23.7 Å². The normalized spacial score (nSPS) is 10.6. The SMILES string of the molecule is O=C(CCc1ncc(-c2ccc(F)cc2F)o1)Nc1cccc([N+](=O)[O-])c1. The fraction of sp³-hybridized carbons (Fsp3) is 0.111. The van der Waals surface area contributed by atoms with Crippen molar-refractivity contribution in [3.8, 4) is 11.3 Å². The predicted molar refractivity (Wildman–Crippen MR) is 91.9 cm³/mol. The summed E-state index contributed by atoms with van der Waals surface area (Å²) in [5, 5.41) is 13.3. The number of rotatable bonds is 6. The van der Waals surface area contributed by atoms with Crippen molar-refractivity contribution in [1.29, 1.82) is 0 Å². The molecule has 0 saturated heterocycles. The van der Waals surface area contributed by atoms with Crippen molar-refractivity contribution in [3.63, 3.8) is 0 Å². The first-order chi connectivity index (χ1) is 12.9. The van der Waals surface area contributed by atoms with Crippen molar-refractivity contribution < 1.29 is 22.9 Å². The van der Waals surface area contributed by atoms with Crippen molar-refractivity contribution in [1.82, 2.24) is 4.98 Å². The molecule has 0 aliphatic heterocycles. The van der Waals surface area contributed by atoms with Crippen LogP contribution < -0.4 is 5.32 Å². The number of hydrogen-bond acceptors (Lipinski definition) is 5. The van der Waals surface area contributed by atoms with Crippen LogP contribution in [0.2, 0.25) is 0 Å². The average Bonchev–Trinajstić information content (AvgIpc) is 3.09. The first-order valence-electron chi connectivity index (χ1n) is 7.87. The van der Waals surface area contributed by atoms with Gasteiger partial charge in [0, 0.05) is 36.7 Å². The zero-order valence-electron chi connectivity index (χ0n) is 13.8. The maximum Gasteiger partial charge on any atom is 0.271 e. The van der Waals surface area contributed by atoms with Crippen molar-refractivity contribution in [3.05, 3.63) is 76.3 Å². The van der Waals surface area contributed by atoms with Crippen molar-refractivity contribution >= 4 is 17.3 Å². The molecule has 138 valence electrons. The highest BCUT2D eigenvalue weighted by Crippen LogP contribution is 2.24. The molecule has 3 aromatic rings. The first kappa shape index (κ1) is 18.2. The topological polar surface area (TPSA) is 98.3 Å². The number of anilines is 1. The Morgan fingerprint density at radius 2 is 2.04 bits per heavy atom. The largest absolute Gasteiger partial charge is 0.441 e. The van der Waals surface area contributed by atoms with Gasteiger partial charge in [-0.3, -0.25) is 14.9 Å². The maximum absolute atomic E-state index is 13.8. The van der Waals surface area contributed by atoms with E-state index >= 15 is 0 Å².